The number of aromatic amines is 1. The molecule has 134 valence electrons. The summed E-state index contributed by atoms with van der Waals surface area (Å²) < 4.78 is 0. The van der Waals surface area contributed by atoms with E-state index in [0.29, 0.717) is 12.5 Å². The van der Waals surface area contributed by atoms with Crippen molar-refractivity contribution in [1.29, 1.82) is 0 Å². The van der Waals surface area contributed by atoms with E-state index in [4.69, 9.17) is 0 Å². The average molecular weight is 343 g/mol. The number of likely N-dealkylation sites (tertiary alicyclic amines) is 1. The number of piperidine rings is 1. The van der Waals surface area contributed by atoms with Gasteiger partial charge in [0.05, 0.1) is 17.6 Å². The standard InChI is InChI=1S/C18H25N5O2/c1-2-9-19-18(25)22-16(24)12-23-10-7-13(8-11-23)17-20-14-5-3-4-6-15(14)21-17/h3-6,13H,2,7-12H2,1H3,(H,20,21)(H2,19,22,24,25). The van der Waals surface area contributed by atoms with Crippen LogP contribution in [0.2, 0.25) is 0 Å². The lowest BCUT2D eigenvalue weighted by Crippen LogP contribution is -2.46. The minimum Gasteiger partial charge on any atom is -0.342 e. The molecule has 0 radical (unpaired) electrons. The zero-order valence-corrected chi connectivity index (χ0v) is 14.5. The monoisotopic (exact) mass is 343 g/mol. The van der Waals surface area contributed by atoms with Crippen molar-refractivity contribution in [2.75, 3.05) is 26.2 Å². The minimum atomic E-state index is -0.413. The third-order valence-electron chi connectivity index (χ3n) is 4.54. The number of amides is 3. The van der Waals surface area contributed by atoms with Gasteiger partial charge in [-0.2, -0.15) is 0 Å². The molecular formula is C18H25N5O2. The zero-order chi connectivity index (χ0) is 17.6. The fraction of sp³-hybridized carbons (Fsp3) is 0.500. The third kappa shape index (κ3) is 4.57. The van der Waals surface area contributed by atoms with Gasteiger partial charge in [-0.1, -0.05) is 19.1 Å². The molecule has 2 heterocycles. The first-order valence-corrected chi connectivity index (χ1v) is 8.90. The SMILES string of the molecule is CCCNC(=O)NC(=O)CN1CCC(c2nc3ccccc3[nH]2)CC1. The number of H-pyrrole nitrogens is 1. The highest BCUT2D eigenvalue weighted by Crippen LogP contribution is 2.27. The number of imide groups is 1. The molecule has 1 aliphatic heterocycles. The lowest BCUT2D eigenvalue weighted by molar-refractivity contribution is -0.121. The molecule has 25 heavy (non-hydrogen) atoms. The van der Waals surface area contributed by atoms with E-state index in [2.05, 4.69) is 25.5 Å². The van der Waals surface area contributed by atoms with E-state index < -0.39 is 6.03 Å². The maximum Gasteiger partial charge on any atom is 0.321 e. The topological polar surface area (TPSA) is 90.1 Å². The molecular weight excluding hydrogens is 318 g/mol. The number of hydrogen-bond donors (Lipinski definition) is 3. The fourth-order valence-electron chi connectivity index (χ4n) is 3.18. The number of aromatic nitrogens is 2. The fourth-order valence-corrected chi connectivity index (χ4v) is 3.18. The maximum atomic E-state index is 11.9. The van der Waals surface area contributed by atoms with E-state index in [1.165, 1.54) is 0 Å². The quantitative estimate of drug-likeness (QED) is 0.774. The Morgan fingerprint density at radius 1 is 1.28 bits per heavy atom. The highest BCUT2D eigenvalue weighted by molar-refractivity contribution is 5.95. The van der Waals surface area contributed by atoms with Crippen molar-refractivity contribution < 1.29 is 9.59 Å². The Morgan fingerprint density at radius 2 is 2.04 bits per heavy atom. The van der Waals surface area contributed by atoms with Crippen LogP contribution in [0, 0.1) is 0 Å². The van der Waals surface area contributed by atoms with E-state index in [-0.39, 0.29) is 12.5 Å². The van der Waals surface area contributed by atoms with E-state index in [1.807, 2.05) is 31.2 Å². The van der Waals surface area contributed by atoms with Gasteiger partial charge >= 0.3 is 6.03 Å². The summed E-state index contributed by atoms with van der Waals surface area (Å²) in [6.07, 6.45) is 2.75. The van der Waals surface area contributed by atoms with Gasteiger partial charge in [-0.3, -0.25) is 15.0 Å². The van der Waals surface area contributed by atoms with Crippen LogP contribution < -0.4 is 10.6 Å². The number of imidazole rings is 1. The van der Waals surface area contributed by atoms with Crippen molar-refractivity contribution in [3.05, 3.63) is 30.1 Å². The lowest BCUT2D eigenvalue weighted by atomic mass is 9.96. The first kappa shape index (κ1) is 17.4. The van der Waals surface area contributed by atoms with Crippen LogP contribution in [0.25, 0.3) is 11.0 Å². The predicted molar refractivity (Wildman–Crippen MR) is 96.3 cm³/mol. The normalized spacial score (nSPS) is 16.0. The van der Waals surface area contributed by atoms with Gasteiger partial charge in [0.1, 0.15) is 5.82 Å². The Balaban J connectivity index is 1.47. The Kier molecular flexibility index (Phi) is 5.65. The van der Waals surface area contributed by atoms with Gasteiger partial charge < -0.3 is 10.3 Å². The summed E-state index contributed by atoms with van der Waals surface area (Å²) in [5.41, 5.74) is 2.06. The van der Waals surface area contributed by atoms with E-state index in [9.17, 15) is 9.59 Å². The number of rotatable bonds is 5. The van der Waals surface area contributed by atoms with Gasteiger partial charge in [-0.25, -0.2) is 9.78 Å². The summed E-state index contributed by atoms with van der Waals surface area (Å²) in [6.45, 7) is 4.44. The summed E-state index contributed by atoms with van der Waals surface area (Å²) in [6, 6.07) is 7.63. The Hall–Kier alpha value is -2.41. The highest BCUT2D eigenvalue weighted by atomic mass is 16.2. The molecule has 0 saturated carbocycles. The molecule has 0 spiro atoms. The number of nitrogens with one attached hydrogen (secondary N) is 3. The number of carbonyl (C=O) groups is 2. The molecule has 3 N–H and O–H groups in total. The molecule has 2 aromatic rings. The van der Waals surface area contributed by atoms with Crippen LogP contribution in [0.5, 0.6) is 0 Å². The van der Waals surface area contributed by atoms with Gasteiger partial charge in [0, 0.05) is 12.5 Å². The second-order valence-electron chi connectivity index (χ2n) is 6.49. The van der Waals surface area contributed by atoms with Crippen molar-refractivity contribution in [3.63, 3.8) is 0 Å². The number of para-hydroxylation sites is 2. The van der Waals surface area contributed by atoms with Crippen molar-refractivity contribution in [2.24, 2.45) is 0 Å². The Labute approximate surface area is 147 Å². The molecule has 7 heteroatoms. The summed E-state index contributed by atoms with van der Waals surface area (Å²) in [4.78, 5) is 33.6. The van der Waals surface area contributed by atoms with Crippen molar-refractivity contribution >= 4 is 23.0 Å². The van der Waals surface area contributed by atoms with Gasteiger partial charge in [0.15, 0.2) is 0 Å². The first-order chi connectivity index (χ1) is 12.2. The van der Waals surface area contributed by atoms with Crippen LogP contribution in [-0.2, 0) is 4.79 Å². The van der Waals surface area contributed by atoms with Crippen LogP contribution >= 0.6 is 0 Å². The number of hydrogen-bond acceptors (Lipinski definition) is 4. The van der Waals surface area contributed by atoms with Crippen molar-refractivity contribution in [3.8, 4) is 0 Å². The molecule has 1 aliphatic rings. The Morgan fingerprint density at radius 3 is 2.76 bits per heavy atom. The van der Waals surface area contributed by atoms with Gasteiger partial charge in [-0.05, 0) is 44.5 Å². The van der Waals surface area contributed by atoms with Gasteiger partial charge in [0.25, 0.3) is 0 Å². The van der Waals surface area contributed by atoms with Crippen LogP contribution in [0.1, 0.15) is 37.9 Å². The van der Waals surface area contributed by atoms with E-state index in [1.54, 1.807) is 0 Å². The first-order valence-electron chi connectivity index (χ1n) is 8.90. The van der Waals surface area contributed by atoms with Gasteiger partial charge in [-0.15, -0.1) is 0 Å². The number of carbonyl (C=O) groups excluding carboxylic acids is 2. The number of nitrogens with zero attached hydrogens (tertiary/aromatic N) is 2. The second-order valence-corrected chi connectivity index (χ2v) is 6.49. The molecule has 3 rings (SSSR count). The molecule has 1 aromatic carbocycles. The summed E-state index contributed by atoms with van der Waals surface area (Å²) in [7, 11) is 0. The maximum absolute atomic E-state index is 11.9. The van der Waals surface area contributed by atoms with Crippen LogP contribution in [0.15, 0.2) is 24.3 Å². The molecule has 0 bridgehead atoms. The second kappa shape index (κ2) is 8.11. The Bertz CT molecular complexity index is 701. The largest absolute Gasteiger partial charge is 0.342 e. The molecule has 0 atom stereocenters. The minimum absolute atomic E-state index is 0.254. The highest BCUT2D eigenvalue weighted by Gasteiger charge is 2.24. The van der Waals surface area contributed by atoms with Crippen LogP contribution in [0.3, 0.4) is 0 Å². The molecule has 3 amide bonds. The van der Waals surface area contributed by atoms with Crippen LogP contribution in [-0.4, -0.2) is 53.0 Å². The van der Waals surface area contributed by atoms with Crippen molar-refractivity contribution in [1.82, 2.24) is 25.5 Å². The third-order valence-corrected chi connectivity index (χ3v) is 4.54. The summed E-state index contributed by atoms with van der Waals surface area (Å²) in [5, 5.41) is 5.01. The summed E-state index contributed by atoms with van der Waals surface area (Å²) in [5.74, 6) is 1.17. The molecule has 1 fully saturated rings. The zero-order valence-electron chi connectivity index (χ0n) is 14.5. The molecule has 0 aliphatic carbocycles. The van der Waals surface area contributed by atoms with Crippen molar-refractivity contribution in [2.45, 2.75) is 32.1 Å². The van der Waals surface area contributed by atoms with Crippen LogP contribution in [0.4, 0.5) is 4.79 Å². The molecule has 1 saturated heterocycles. The van der Waals surface area contributed by atoms with Gasteiger partial charge in [0.2, 0.25) is 5.91 Å². The molecule has 7 nitrogen and oxygen atoms in total. The summed E-state index contributed by atoms with van der Waals surface area (Å²) >= 11 is 0. The number of fused-ring (bicyclic) bond motifs is 1. The molecule has 0 unspecified atom stereocenters. The van der Waals surface area contributed by atoms with E-state index >= 15 is 0 Å². The lowest BCUT2D eigenvalue weighted by Gasteiger charge is -2.30. The predicted octanol–water partition coefficient (Wildman–Crippen LogP) is 1.98. The molecule has 1 aromatic heterocycles. The average Bonchev–Trinajstić information content (AvgIpc) is 3.04. The van der Waals surface area contributed by atoms with E-state index in [0.717, 1.165) is 49.2 Å². The number of benzene rings is 1. The number of urea groups is 1. The smallest absolute Gasteiger partial charge is 0.321 e.